The molecule has 0 fully saturated rings. The van der Waals surface area contributed by atoms with Crippen LogP contribution in [0.15, 0.2) is 54.6 Å². The second-order valence-electron chi connectivity index (χ2n) is 5.99. The van der Waals surface area contributed by atoms with E-state index in [0.29, 0.717) is 6.42 Å². The number of hydrogen-bond donors (Lipinski definition) is 1. The summed E-state index contributed by atoms with van der Waals surface area (Å²) < 4.78 is 0. The van der Waals surface area contributed by atoms with Crippen LogP contribution in [0.1, 0.15) is 42.0 Å². The lowest BCUT2D eigenvalue weighted by Crippen LogP contribution is -2.22. The Morgan fingerprint density at radius 1 is 1.14 bits per heavy atom. The zero-order valence-electron chi connectivity index (χ0n) is 12.3. The normalized spacial score (nSPS) is 21.8. The molecule has 0 unspecified atom stereocenters. The molecule has 0 saturated carbocycles. The zero-order valence-corrected chi connectivity index (χ0v) is 12.3. The van der Waals surface area contributed by atoms with Crippen molar-refractivity contribution in [2.75, 3.05) is 0 Å². The number of ketones is 1. The largest absolute Gasteiger partial charge is 0.324 e. The summed E-state index contributed by atoms with van der Waals surface area (Å²) in [6.45, 7) is 1.99. The third kappa shape index (κ3) is 2.77. The minimum absolute atomic E-state index is 0.00637. The molecule has 0 amide bonds. The molecule has 21 heavy (non-hydrogen) atoms. The van der Waals surface area contributed by atoms with E-state index in [2.05, 4.69) is 12.1 Å². The van der Waals surface area contributed by atoms with Crippen LogP contribution in [-0.2, 0) is 11.2 Å². The smallest absolute Gasteiger partial charge is 0.140 e. The monoisotopic (exact) mass is 279 g/mol. The number of Topliss-reactive ketones (excluding diaryl/α,β-unsaturated/α-hetero) is 1. The summed E-state index contributed by atoms with van der Waals surface area (Å²) in [5, 5.41) is 0. The van der Waals surface area contributed by atoms with Gasteiger partial charge in [-0.3, -0.25) is 4.79 Å². The molecule has 108 valence electrons. The van der Waals surface area contributed by atoms with E-state index in [1.807, 2.05) is 49.4 Å². The highest BCUT2D eigenvalue weighted by molar-refractivity contribution is 5.85. The molecular formula is C19H21NO. The van der Waals surface area contributed by atoms with Crippen LogP contribution in [0, 0.1) is 5.92 Å². The van der Waals surface area contributed by atoms with Crippen LogP contribution in [0.4, 0.5) is 0 Å². The molecule has 3 rings (SSSR count). The number of fused-ring (bicyclic) bond motifs is 1. The van der Waals surface area contributed by atoms with Crippen LogP contribution in [0.3, 0.4) is 0 Å². The van der Waals surface area contributed by atoms with Gasteiger partial charge in [-0.1, -0.05) is 61.5 Å². The minimum Gasteiger partial charge on any atom is -0.324 e. The van der Waals surface area contributed by atoms with E-state index in [1.165, 1.54) is 11.1 Å². The van der Waals surface area contributed by atoms with Crippen LogP contribution in [-0.4, -0.2) is 5.78 Å². The average molecular weight is 279 g/mol. The van der Waals surface area contributed by atoms with E-state index in [0.717, 1.165) is 12.0 Å². The van der Waals surface area contributed by atoms with E-state index in [-0.39, 0.29) is 23.7 Å². The van der Waals surface area contributed by atoms with Crippen LogP contribution < -0.4 is 5.73 Å². The predicted octanol–water partition coefficient (Wildman–Crippen LogP) is 3.62. The van der Waals surface area contributed by atoms with E-state index < -0.39 is 0 Å². The lowest BCUT2D eigenvalue weighted by molar-refractivity contribution is -0.121. The summed E-state index contributed by atoms with van der Waals surface area (Å²) in [6, 6.07) is 18.3. The Kier molecular flexibility index (Phi) is 3.89. The predicted molar refractivity (Wildman–Crippen MR) is 85.0 cm³/mol. The Bertz CT molecular complexity index is 635. The van der Waals surface area contributed by atoms with E-state index in [4.69, 9.17) is 5.73 Å². The summed E-state index contributed by atoms with van der Waals surface area (Å²) in [6.07, 6.45) is 1.48. The third-order valence-electron chi connectivity index (χ3n) is 4.65. The lowest BCUT2D eigenvalue weighted by atomic mass is 9.88. The Balaban J connectivity index is 1.70. The van der Waals surface area contributed by atoms with Crippen molar-refractivity contribution in [1.82, 2.24) is 0 Å². The molecule has 2 aromatic carbocycles. The fourth-order valence-electron chi connectivity index (χ4n) is 3.27. The summed E-state index contributed by atoms with van der Waals surface area (Å²) in [7, 11) is 0. The van der Waals surface area contributed by atoms with Crippen molar-refractivity contribution in [2.45, 2.75) is 31.7 Å². The van der Waals surface area contributed by atoms with Gasteiger partial charge in [0.25, 0.3) is 0 Å². The molecule has 2 heteroatoms. The number of rotatable bonds is 4. The van der Waals surface area contributed by atoms with Crippen molar-refractivity contribution in [1.29, 1.82) is 0 Å². The quantitative estimate of drug-likeness (QED) is 0.929. The van der Waals surface area contributed by atoms with Gasteiger partial charge in [-0.05, 0) is 29.0 Å². The number of carbonyl (C=O) groups is 1. The average Bonchev–Trinajstić information content (AvgIpc) is 2.84. The zero-order chi connectivity index (χ0) is 14.8. The van der Waals surface area contributed by atoms with Crippen molar-refractivity contribution in [3.8, 4) is 0 Å². The molecule has 0 aromatic heterocycles. The van der Waals surface area contributed by atoms with Gasteiger partial charge >= 0.3 is 0 Å². The molecule has 0 aliphatic heterocycles. The maximum absolute atomic E-state index is 12.5. The van der Waals surface area contributed by atoms with Gasteiger partial charge in [-0.25, -0.2) is 0 Å². The first-order chi connectivity index (χ1) is 10.2. The maximum atomic E-state index is 12.5. The Hall–Kier alpha value is -1.93. The van der Waals surface area contributed by atoms with Crippen molar-refractivity contribution in [3.05, 3.63) is 71.3 Å². The first-order valence-electron chi connectivity index (χ1n) is 7.58. The highest BCUT2D eigenvalue weighted by Crippen LogP contribution is 2.37. The first-order valence-corrected chi connectivity index (χ1v) is 7.58. The highest BCUT2D eigenvalue weighted by atomic mass is 16.1. The van der Waals surface area contributed by atoms with Gasteiger partial charge in [0.05, 0.1) is 0 Å². The van der Waals surface area contributed by atoms with Crippen LogP contribution in [0.25, 0.3) is 0 Å². The topological polar surface area (TPSA) is 43.1 Å². The molecule has 2 nitrogen and oxygen atoms in total. The molecule has 0 radical (unpaired) electrons. The number of benzene rings is 2. The number of nitrogens with two attached hydrogens (primary N) is 1. The fourth-order valence-corrected chi connectivity index (χ4v) is 3.27. The second kappa shape index (κ2) is 5.82. The number of hydrogen-bond acceptors (Lipinski definition) is 2. The van der Waals surface area contributed by atoms with Gasteiger partial charge in [0.15, 0.2) is 0 Å². The summed E-state index contributed by atoms with van der Waals surface area (Å²) in [5.74, 6) is 0.470. The maximum Gasteiger partial charge on any atom is 0.140 e. The van der Waals surface area contributed by atoms with Gasteiger partial charge in [0, 0.05) is 18.4 Å². The lowest BCUT2D eigenvalue weighted by Gasteiger charge is -2.18. The standard InChI is InChI=1S/C19H21NO/c1-13(14-7-3-2-4-8-14)18(21)12-16-11-15-9-5-6-10-17(15)19(16)20/h2-10,13,16,19H,11-12,20H2,1H3/t13-,16-,19-/m0/s1. The summed E-state index contributed by atoms with van der Waals surface area (Å²) in [5.41, 5.74) is 9.93. The third-order valence-corrected chi connectivity index (χ3v) is 4.65. The minimum atomic E-state index is -0.0536. The summed E-state index contributed by atoms with van der Waals surface area (Å²) in [4.78, 5) is 12.5. The van der Waals surface area contributed by atoms with Gasteiger partial charge in [-0.15, -0.1) is 0 Å². The number of carbonyl (C=O) groups excluding carboxylic acids is 1. The molecule has 1 aliphatic rings. The van der Waals surface area contributed by atoms with Crippen molar-refractivity contribution >= 4 is 5.78 Å². The molecule has 0 spiro atoms. The fraction of sp³-hybridized carbons (Fsp3) is 0.316. The van der Waals surface area contributed by atoms with Crippen molar-refractivity contribution in [3.63, 3.8) is 0 Å². The molecule has 3 atom stereocenters. The Labute approximate surface area is 126 Å². The molecule has 1 aliphatic carbocycles. The Morgan fingerprint density at radius 2 is 1.81 bits per heavy atom. The molecule has 2 N–H and O–H groups in total. The molecule has 0 saturated heterocycles. The second-order valence-corrected chi connectivity index (χ2v) is 5.99. The van der Waals surface area contributed by atoms with Crippen molar-refractivity contribution in [2.24, 2.45) is 11.7 Å². The van der Waals surface area contributed by atoms with Gasteiger partial charge in [0.2, 0.25) is 0 Å². The van der Waals surface area contributed by atoms with Gasteiger partial charge in [0.1, 0.15) is 5.78 Å². The molecular weight excluding hydrogens is 258 g/mol. The van der Waals surface area contributed by atoms with Gasteiger partial charge in [-0.2, -0.15) is 0 Å². The first kappa shape index (κ1) is 14.0. The SMILES string of the molecule is C[C@H](C(=O)C[C@@H]1Cc2ccccc2[C@H]1N)c1ccccc1. The van der Waals surface area contributed by atoms with Gasteiger partial charge < -0.3 is 5.73 Å². The molecule has 0 bridgehead atoms. The van der Waals surface area contributed by atoms with Crippen LogP contribution >= 0.6 is 0 Å². The van der Waals surface area contributed by atoms with Crippen molar-refractivity contribution < 1.29 is 4.79 Å². The van der Waals surface area contributed by atoms with Crippen LogP contribution in [0.2, 0.25) is 0 Å². The highest BCUT2D eigenvalue weighted by Gasteiger charge is 2.32. The van der Waals surface area contributed by atoms with Crippen LogP contribution in [0.5, 0.6) is 0 Å². The summed E-state index contributed by atoms with van der Waals surface area (Å²) >= 11 is 0. The molecule has 2 aromatic rings. The molecule has 0 heterocycles. The van der Waals surface area contributed by atoms with E-state index in [9.17, 15) is 4.79 Å². The Morgan fingerprint density at radius 3 is 2.52 bits per heavy atom. The van der Waals surface area contributed by atoms with E-state index >= 15 is 0 Å². The van der Waals surface area contributed by atoms with E-state index in [1.54, 1.807) is 0 Å².